The molecule has 1 fully saturated rings. The van der Waals surface area contributed by atoms with Crippen molar-refractivity contribution >= 4 is 12.0 Å². The van der Waals surface area contributed by atoms with Gasteiger partial charge in [-0.1, -0.05) is 6.07 Å². The molecule has 5 nitrogen and oxygen atoms in total. The SMILES string of the molecule is CCOc1ccc(/C=C/C(=O)N(Cc2ccncc2)C2CC2)cc1OC. The standard InChI is InChI=1S/C21H24N2O3/c1-3-26-19-8-4-16(14-20(19)25-2)5-9-21(24)23(18-6-7-18)15-17-10-12-22-13-11-17/h4-5,8-14,18H,3,6-7,15H2,1-2H3/b9-5+. The Morgan fingerprint density at radius 3 is 2.65 bits per heavy atom. The molecular formula is C21H24N2O3. The number of pyridine rings is 1. The zero-order valence-electron chi connectivity index (χ0n) is 15.2. The second kappa shape index (κ2) is 8.52. The first kappa shape index (κ1) is 18.0. The Bertz CT molecular complexity index is 770. The third kappa shape index (κ3) is 4.63. The molecule has 1 aromatic heterocycles. The molecule has 2 aromatic rings. The first-order chi connectivity index (χ1) is 12.7. The number of nitrogens with zero attached hydrogens (tertiary/aromatic N) is 2. The number of hydrogen-bond donors (Lipinski definition) is 0. The van der Waals surface area contributed by atoms with Gasteiger partial charge in [0.15, 0.2) is 11.5 Å². The molecular weight excluding hydrogens is 328 g/mol. The maximum absolute atomic E-state index is 12.7. The molecule has 0 N–H and O–H groups in total. The molecule has 0 atom stereocenters. The van der Waals surface area contributed by atoms with Gasteiger partial charge in [0.25, 0.3) is 0 Å². The molecule has 0 bridgehead atoms. The van der Waals surface area contributed by atoms with Gasteiger partial charge in [-0.25, -0.2) is 0 Å². The Balaban J connectivity index is 1.71. The Morgan fingerprint density at radius 2 is 2.00 bits per heavy atom. The fourth-order valence-corrected chi connectivity index (χ4v) is 2.78. The van der Waals surface area contributed by atoms with Gasteiger partial charge in [0.1, 0.15) is 0 Å². The van der Waals surface area contributed by atoms with Crippen molar-refractivity contribution < 1.29 is 14.3 Å². The van der Waals surface area contributed by atoms with Gasteiger partial charge >= 0.3 is 0 Å². The first-order valence-corrected chi connectivity index (χ1v) is 8.89. The average Bonchev–Trinajstić information content (AvgIpc) is 3.51. The summed E-state index contributed by atoms with van der Waals surface area (Å²) in [4.78, 5) is 18.7. The van der Waals surface area contributed by atoms with Crippen LogP contribution in [-0.2, 0) is 11.3 Å². The zero-order chi connectivity index (χ0) is 18.4. The Labute approximate surface area is 154 Å². The Hall–Kier alpha value is -2.82. The minimum atomic E-state index is 0.0252. The van der Waals surface area contributed by atoms with E-state index in [9.17, 15) is 4.79 Å². The van der Waals surface area contributed by atoms with Crippen LogP contribution in [0.25, 0.3) is 6.08 Å². The molecule has 1 heterocycles. The normalized spacial score (nSPS) is 13.6. The number of rotatable bonds is 8. The van der Waals surface area contributed by atoms with Crippen LogP contribution in [-0.4, -0.2) is 35.5 Å². The lowest BCUT2D eigenvalue weighted by Gasteiger charge is -2.20. The van der Waals surface area contributed by atoms with Gasteiger partial charge in [-0.05, 0) is 61.2 Å². The van der Waals surface area contributed by atoms with E-state index in [1.165, 1.54) is 0 Å². The van der Waals surface area contributed by atoms with E-state index in [2.05, 4.69) is 4.98 Å². The molecule has 26 heavy (non-hydrogen) atoms. The molecule has 1 aromatic carbocycles. The highest BCUT2D eigenvalue weighted by Gasteiger charge is 2.31. The molecule has 1 saturated carbocycles. The van der Waals surface area contributed by atoms with Crippen LogP contribution in [0.15, 0.2) is 48.8 Å². The van der Waals surface area contributed by atoms with Crippen LogP contribution in [0.4, 0.5) is 0 Å². The molecule has 136 valence electrons. The summed E-state index contributed by atoms with van der Waals surface area (Å²) in [6.07, 6.45) is 9.11. The van der Waals surface area contributed by atoms with Crippen molar-refractivity contribution in [1.29, 1.82) is 0 Å². The molecule has 0 spiro atoms. The van der Waals surface area contributed by atoms with Crippen LogP contribution < -0.4 is 9.47 Å². The smallest absolute Gasteiger partial charge is 0.247 e. The summed E-state index contributed by atoms with van der Waals surface area (Å²) in [5, 5.41) is 0. The molecule has 1 amide bonds. The summed E-state index contributed by atoms with van der Waals surface area (Å²) in [7, 11) is 1.61. The highest BCUT2D eigenvalue weighted by Crippen LogP contribution is 2.30. The third-order valence-electron chi connectivity index (χ3n) is 4.28. The van der Waals surface area contributed by atoms with Crippen molar-refractivity contribution in [3.8, 4) is 11.5 Å². The first-order valence-electron chi connectivity index (χ1n) is 8.89. The van der Waals surface area contributed by atoms with Crippen LogP contribution in [0.1, 0.15) is 30.9 Å². The molecule has 0 aliphatic heterocycles. The molecule has 0 unspecified atom stereocenters. The van der Waals surface area contributed by atoms with Crippen LogP contribution >= 0.6 is 0 Å². The van der Waals surface area contributed by atoms with E-state index < -0.39 is 0 Å². The van der Waals surface area contributed by atoms with E-state index in [-0.39, 0.29) is 5.91 Å². The quantitative estimate of drug-likeness (QED) is 0.680. The number of aromatic nitrogens is 1. The van der Waals surface area contributed by atoms with Crippen LogP contribution in [0.3, 0.4) is 0 Å². The Morgan fingerprint density at radius 1 is 1.23 bits per heavy atom. The molecule has 5 heteroatoms. The fourth-order valence-electron chi connectivity index (χ4n) is 2.78. The lowest BCUT2D eigenvalue weighted by molar-refractivity contribution is -0.127. The minimum absolute atomic E-state index is 0.0252. The molecule has 0 saturated heterocycles. The van der Waals surface area contributed by atoms with Gasteiger partial charge in [0, 0.05) is 31.1 Å². The van der Waals surface area contributed by atoms with Gasteiger partial charge in [-0.15, -0.1) is 0 Å². The van der Waals surface area contributed by atoms with E-state index in [1.54, 1.807) is 25.6 Å². The van der Waals surface area contributed by atoms with Crippen LogP contribution in [0.2, 0.25) is 0 Å². The van der Waals surface area contributed by atoms with E-state index in [1.807, 2.05) is 48.2 Å². The summed E-state index contributed by atoms with van der Waals surface area (Å²) in [5.41, 5.74) is 2.00. The van der Waals surface area contributed by atoms with Gasteiger partial charge in [0.05, 0.1) is 13.7 Å². The summed E-state index contributed by atoms with van der Waals surface area (Å²) in [5.74, 6) is 1.39. The number of ether oxygens (including phenoxy) is 2. The van der Waals surface area contributed by atoms with Crippen molar-refractivity contribution in [1.82, 2.24) is 9.88 Å². The molecule has 3 rings (SSSR count). The number of carbonyl (C=O) groups excluding carboxylic acids is 1. The van der Waals surface area contributed by atoms with Gasteiger partial charge < -0.3 is 14.4 Å². The lowest BCUT2D eigenvalue weighted by atomic mass is 10.1. The number of carbonyl (C=O) groups is 1. The Kier molecular flexibility index (Phi) is 5.89. The summed E-state index contributed by atoms with van der Waals surface area (Å²) >= 11 is 0. The zero-order valence-corrected chi connectivity index (χ0v) is 15.2. The second-order valence-corrected chi connectivity index (χ2v) is 6.23. The topological polar surface area (TPSA) is 51.7 Å². The number of amides is 1. The molecule has 1 aliphatic carbocycles. The van der Waals surface area contributed by atoms with Crippen molar-refractivity contribution in [2.75, 3.05) is 13.7 Å². The monoisotopic (exact) mass is 352 g/mol. The number of methoxy groups -OCH3 is 1. The largest absolute Gasteiger partial charge is 0.493 e. The fraction of sp³-hybridized carbons (Fsp3) is 0.333. The van der Waals surface area contributed by atoms with E-state index >= 15 is 0 Å². The molecule has 0 radical (unpaired) electrons. The third-order valence-corrected chi connectivity index (χ3v) is 4.28. The molecule has 1 aliphatic rings. The van der Waals surface area contributed by atoms with Gasteiger partial charge in [-0.3, -0.25) is 9.78 Å². The van der Waals surface area contributed by atoms with Crippen LogP contribution in [0, 0.1) is 0 Å². The van der Waals surface area contributed by atoms with E-state index in [0.717, 1.165) is 24.0 Å². The predicted molar refractivity (Wildman–Crippen MR) is 101 cm³/mol. The van der Waals surface area contributed by atoms with Crippen molar-refractivity contribution in [3.63, 3.8) is 0 Å². The minimum Gasteiger partial charge on any atom is -0.493 e. The maximum Gasteiger partial charge on any atom is 0.247 e. The van der Waals surface area contributed by atoms with E-state index in [4.69, 9.17) is 9.47 Å². The summed E-state index contributed by atoms with van der Waals surface area (Å²) in [6.45, 7) is 3.12. The van der Waals surface area contributed by atoms with Gasteiger partial charge in [-0.2, -0.15) is 0 Å². The number of hydrogen-bond acceptors (Lipinski definition) is 4. The second-order valence-electron chi connectivity index (χ2n) is 6.23. The van der Waals surface area contributed by atoms with Gasteiger partial charge in [0.2, 0.25) is 5.91 Å². The summed E-state index contributed by atoms with van der Waals surface area (Å²) < 4.78 is 10.9. The van der Waals surface area contributed by atoms with Crippen molar-refractivity contribution in [3.05, 3.63) is 59.9 Å². The maximum atomic E-state index is 12.7. The highest BCUT2D eigenvalue weighted by atomic mass is 16.5. The number of benzene rings is 1. The average molecular weight is 352 g/mol. The highest BCUT2D eigenvalue weighted by molar-refractivity contribution is 5.92. The van der Waals surface area contributed by atoms with Crippen LogP contribution in [0.5, 0.6) is 11.5 Å². The van der Waals surface area contributed by atoms with Crippen molar-refractivity contribution in [2.24, 2.45) is 0 Å². The van der Waals surface area contributed by atoms with Crippen molar-refractivity contribution in [2.45, 2.75) is 32.4 Å². The lowest BCUT2D eigenvalue weighted by Crippen LogP contribution is -2.31. The van der Waals surface area contributed by atoms with E-state index in [0.29, 0.717) is 30.7 Å². The summed E-state index contributed by atoms with van der Waals surface area (Å²) in [6, 6.07) is 9.89. The predicted octanol–water partition coefficient (Wildman–Crippen LogP) is 3.69.